The normalized spacial score (nSPS) is 11.7. The van der Waals surface area contributed by atoms with Crippen LogP contribution in [0.4, 0.5) is 0 Å². The van der Waals surface area contributed by atoms with Gasteiger partial charge in [0, 0.05) is 12.7 Å². The number of phenolic OH excluding ortho intramolecular Hbond substituents is 1. The molecule has 2 N–H and O–H groups in total. The van der Waals surface area contributed by atoms with E-state index in [0.717, 1.165) is 24.8 Å². The molecule has 2 aromatic rings. The average molecular weight is 402 g/mol. The minimum Gasteiger partial charge on any atom is -0.508 e. The fourth-order valence-corrected chi connectivity index (χ4v) is 3.00. The zero-order chi connectivity index (χ0) is 21.1. The van der Waals surface area contributed by atoms with E-state index in [2.05, 4.69) is 12.2 Å². The first kappa shape index (κ1) is 22.6. The van der Waals surface area contributed by atoms with Gasteiger partial charge in [-0.25, -0.2) is 0 Å². The van der Waals surface area contributed by atoms with E-state index in [1.807, 2.05) is 12.1 Å². The van der Waals surface area contributed by atoms with Crippen LogP contribution in [0.15, 0.2) is 42.5 Å². The molecule has 158 valence electrons. The van der Waals surface area contributed by atoms with Crippen molar-refractivity contribution in [3.8, 4) is 17.2 Å². The van der Waals surface area contributed by atoms with Gasteiger partial charge >= 0.3 is 0 Å². The number of hydrogen-bond donors (Lipinski definition) is 2. The van der Waals surface area contributed by atoms with Crippen molar-refractivity contribution in [3.05, 3.63) is 53.6 Å². The number of methoxy groups -OCH3 is 2. The third-order valence-corrected chi connectivity index (χ3v) is 4.55. The second-order valence-corrected chi connectivity index (χ2v) is 6.92. The average Bonchev–Trinajstić information content (AvgIpc) is 2.73. The van der Waals surface area contributed by atoms with Crippen molar-refractivity contribution in [2.75, 3.05) is 27.4 Å². The molecule has 1 amide bonds. The number of carbonyl (C=O) groups excluding carboxylic acids is 1. The Balaban J connectivity index is 2.06. The van der Waals surface area contributed by atoms with Gasteiger partial charge in [0.05, 0.1) is 26.4 Å². The number of unbranched alkanes of at least 4 members (excludes halogenated alkanes) is 2. The number of carbonyl (C=O) groups is 1. The van der Waals surface area contributed by atoms with Crippen LogP contribution in [0.3, 0.4) is 0 Å². The number of hydrogen-bond acceptors (Lipinski definition) is 5. The topological polar surface area (TPSA) is 77.0 Å². The number of ether oxygens (including phenoxy) is 3. The van der Waals surface area contributed by atoms with Gasteiger partial charge in [0.15, 0.2) is 11.5 Å². The van der Waals surface area contributed by atoms with Crippen LogP contribution >= 0.6 is 0 Å². The Kier molecular flexibility index (Phi) is 9.31. The summed E-state index contributed by atoms with van der Waals surface area (Å²) in [6, 6.07) is 11.9. The lowest BCUT2D eigenvalue weighted by Gasteiger charge is -2.19. The van der Waals surface area contributed by atoms with E-state index in [0.29, 0.717) is 36.7 Å². The van der Waals surface area contributed by atoms with Gasteiger partial charge in [-0.3, -0.25) is 4.79 Å². The summed E-state index contributed by atoms with van der Waals surface area (Å²) in [7, 11) is 3.19. The third kappa shape index (κ3) is 7.31. The molecule has 6 heteroatoms. The summed E-state index contributed by atoms with van der Waals surface area (Å²) in [5.74, 6) is 1.19. The number of amides is 1. The Bertz CT molecular complexity index is 760. The van der Waals surface area contributed by atoms with Gasteiger partial charge in [0.1, 0.15) is 5.75 Å². The summed E-state index contributed by atoms with van der Waals surface area (Å²) in [5.41, 5.74) is 1.50. The molecule has 29 heavy (non-hydrogen) atoms. The van der Waals surface area contributed by atoms with E-state index in [4.69, 9.17) is 14.2 Å². The molecular formula is C23H31NO5. The molecular weight excluding hydrogens is 370 g/mol. The number of benzene rings is 2. The molecule has 0 spiro atoms. The summed E-state index contributed by atoms with van der Waals surface area (Å²) in [6.45, 7) is 3.10. The van der Waals surface area contributed by atoms with Gasteiger partial charge in [0.25, 0.3) is 5.91 Å². The monoisotopic (exact) mass is 401 g/mol. The highest BCUT2D eigenvalue weighted by Gasteiger charge is 2.17. The first-order valence-electron chi connectivity index (χ1n) is 9.96. The fraction of sp³-hybridized carbons (Fsp3) is 0.435. The maximum Gasteiger partial charge on any atom is 0.251 e. The second kappa shape index (κ2) is 12.0. The number of aromatic hydroxyl groups is 1. The van der Waals surface area contributed by atoms with Gasteiger partial charge < -0.3 is 24.6 Å². The maximum atomic E-state index is 12.8. The predicted octanol–water partition coefficient (Wildman–Crippen LogP) is 3.96. The zero-order valence-corrected chi connectivity index (χ0v) is 17.4. The molecule has 0 unspecified atom stereocenters. The molecule has 0 saturated heterocycles. The van der Waals surface area contributed by atoms with Gasteiger partial charge in [-0.05, 0) is 48.7 Å². The molecule has 0 aromatic heterocycles. The summed E-state index contributed by atoms with van der Waals surface area (Å²) >= 11 is 0. The largest absolute Gasteiger partial charge is 0.508 e. The van der Waals surface area contributed by atoms with Crippen LogP contribution in [0.2, 0.25) is 0 Å². The Morgan fingerprint density at radius 3 is 2.48 bits per heavy atom. The Morgan fingerprint density at radius 2 is 1.83 bits per heavy atom. The van der Waals surface area contributed by atoms with Crippen molar-refractivity contribution in [2.24, 2.45) is 0 Å². The summed E-state index contributed by atoms with van der Waals surface area (Å²) < 4.78 is 16.4. The minimum atomic E-state index is -0.202. The Hall–Kier alpha value is -2.73. The van der Waals surface area contributed by atoms with Crippen LogP contribution in [0.25, 0.3) is 0 Å². The molecule has 1 atom stereocenters. The third-order valence-electron chi connectivity index (χ3n) is 4.55. The summed E-state index contributed by atoms with van der Waals surface area (Å²) in [4.78, 5) is 12.8. The second-order valence-electron chi connectivity index (χ2n) is 6.92. The van der Waals surface area contributed by atoms with E-state index >= 15 is 0 Å². The van der Waals surface area contributed by atoms with Crippen molar-refractivity contribution in [1.82, 2.24) is 5.32 Å². The molecule has 0 fully saturated rings. The van der Waals surface area contributed by atoms with Gasteiger partial charge in [0.2, 0.25) is 0 Å². The predicted molar refractivity (Wildman–Crippen MR) is 113 cm³/mol. The molecule has 2 aromatic carbocycles. The van der Waals surface area contributed by atoms with Gasteiger partial charge in [-0.1, -0.05) is 31.9 Å². The number of nitrogens with one attached hydrogen (secondary N) is 1. The molecule has 0 aliphatic rings. The van der Waals surface area contributed by atoms with Crippen LogP contribution in [-0.2, 0) is 11.2 Å². The lowest BCUT2D eigenvalue weighted by Crippen LogP contribution is -2.39. The van der Waals surface area contributed by atoms with Gasteiger partial charge in [-0.15, -0.1) is 0 Å². The molecule has 0 saturated carbocycles. The first-order chi connectivity index (χ1) is 14.1. The lowest BCUT2D eigenvalue weighted by atomic mass is 10.1. The highest BCUT2D eigenvalue weighted by Crippen LogP contribution is 2.28. The Labute approximate surface area is 172 Å². The van der Waals surface area contributed by atoms with Crippen molar-refractivity contribution >= 4 is 5.91 Å². The van der Waals surface area contributed by atoms with Crippen molar-refractivity contribution in [1.29, 1.82) is 0 Å². The first-order valence-corrected chi connectivity index (χ1v) is 9.96. The summed E-state index contributed by atoms with van der Waals surface area (Å²) in [5, 5.41) is 12.4. The van der Waals surface area contributed by atoms with E-state index in [1.54, 1.807) is 44.6 Å². The minimum absolute atomic E-state index is 0.201. The SMILES string of the molecule is CCCCCOc1cc(C(=O)N[C@H](COC)Cc2ccc(O)cc2)ccc1OC. The van der Waals surface area contributed by atoms with E-state index in [-0.39, 0.29) is 17.7 Å². The van der Waals surface area contributed by atoms with E-state index < -0.39 is 0 Å². The van der Waals surface area contributed by atoms with Crippen LogP contribution in [0.1, 0.15) is 42.1 Å². The van der Waals surface area contributed by atoms with Crippen LogP contribution in [-0.4, -0.2) is 44.5 Å². The molecule has 0 aliphatic heterocycles. The standard InChI is InChI=1S/C23H31NO5/c1-4-5-6-13-29-22-15-18(9-12-21(22)28-3)23(26)24-19(16-27-2)14-17-7-10-20(25)11-8-17/h7-12,15,19,25H,4-6,13-14,16H2,1-3H3,(H,24,26)/t19-/m0/s1. The number of rotatable bonds is 12. The highest BCUT2D eigenvalue weighted by atomic mass is 16.5. The highest BCUT2D eigenvalue weighted by molar-refractivity contribution is 5.95. The van der Waals surface area contributed by atoms with Crippen molar-refractivity contribution in [2.45, 2.75) is 38.6 Å². The molecule has 2 rings (SSSR count). The molecule has 0 heterocycles. The van der Waals surface area contributed by atoms with Crippen LogP contribution in [0.5, 0.6) is 17.2 Å². The van der Waals surface area contributed by atoms with Crippen molar-refractivity contribution < 1.29 is 24.1 Å². The van der Waals surface area contributed by atoms with E-state index in [1.165, 1.54) is 0 Å². The smallest absolute Gasteiger partial charge is 0.251 e. The van der Waals surface area contributed by atoms with E-state index in [9.17, 15) is 9.90 Å². The lowest BCUT2D eigenvalue weighted by molar-refractivity contribution is 0.0896. The van der Waals surface area contributed by atoms with Crippen LogP contribution in [0, 0.1) is 0 Å². The molecule has 6 nitrogen and oxygen atoms in total. The summed E-state index contributed by atoms with van der Waals surface area (Å²) in [6.07, 6.45) is 3.76. The Morgan fingerprint density at radius 1 is 1.07 bits per heavy atom. The van der Waals surface area contributed by atoms with Gasteiger partial charge in [-0.2, -0.15) is 0 Å². The zero-order valence-electron chi connectivity index (χ0n) is 17.4. The molecule has 0 aliphatic carbocycles. The maximum absolute atomic E-state index is 12.8. The molecule has 0 bridgehead atoms. The van der Waals surface area contributed by atoms with Crippen LogP contribution < -0.4 is 14.8 Å². The fourth-order valence-electron chi connectivity index (χ4n) is 3.00. The van der Waals surface area contributed by atoms with Crippen molar-refractivity contribution in [3.63, 3.8) is 0 Å². The molecule has 0 radical (unpaired) electrons. The number of phenols is 1. The quantitative estimate of drug-likeness (QED) is 0.527.